The van der Waals surface area contributed by atoms with Gasteiger partial charge in [0, 0.05) is 11.4 Å². The van der Waals surface area contributed by atoms with Crippen molar-refractivity contribution in [2.45, 2.75) is 13.5 Å². The van der Waals surface area contributed by atoms with E-state index < -0.39 is 0 Å². The highest BCUT2D eigenvalue weighted by Gasteiger charge is 2.10. The number of nitrogens with one attached hydrogen (secondary N) is 1. The second kappa shape index (κ2) is 6.30. The average Bonchev–Trinajstić information content (AvgIpc) is 2.95. The number of nitrogens with zero attached hydrogens (tertiary/aromatic N) is 3. The summed E-state index contributed by atoms with van der Waals surface area (Å²) in [6.45, 7) is 2.55. The standard InChI is InChI=1S/C17H18N4O/c1-13-19-20-17(21(13)15-6-4-3-5-7-15)12-18-14-8-10-16(22-2)11-9-14/h3-11,18H,12H2,1-2H3. The third-order valence-electron chi connectivity index (χ3n) is 3.45. The van der Waals surface area contributed by atoms with Crippen molar-refractivity contribution < 1.29 is 4.74 Å². The molecule has 0 aliphatic carbocycles. The van der Waals surface area contributed by atoms with Gasteiger partial charge in [-0.2, -0.15) is 0 Å². The van der Waals surface area contributed by atoms with Gasteiger partial charge in [0.2, 0.25) is 0 Å². The van der Waals surface area contributed by atoms with Crippen LogP contribution in [0.5, 0.6) is 5.75 Å². The second-order valence-corrected chi connectivity index (χ2v) is 4.92. The Morgan fingerprint density at radius 2 is 1.73 bits per heavy atom. The van der Waals surface area contributed by atoms with Crippen LogP contribution in [0.15, 0.2) is 54.6 Å². The lowest BCUT2D eigenvalue weighted by atomic mass is 10.3. The maximum Gasteiger partial charge on any atom is 0.156 e. The molecule has 0 spiro atoms. The minimum atomic E-state index is 0.599. The van der Waals surface area contributed by atoms with Gasteiger partial charge in [0.1, 0.15) is 11.6 Å². The maximum absolute atomic E-state index is 5.16. The second-order valence-electron chi connectivity index (χ2n) is 4.92. The predicted molar refractivity (Wildman–Crippen MR) is 86.4 cm³/mol. The summed E-state index contributed by atoms with van der Waals surface area (Å²) in [6, 6.07) is 17.9. The van der Waals surface area contributed by atoms with E-state index in [1.807, 2.05) is 61.5 Å². The molecule has 0 atom stereocenters. The van der Waals surface area contributed by atoms with Gasteiger partial charge in [-0.25, -0.2) is 0 Å². The van der Waals surface area contributed by atoms with Crippen LogP contribution in [0.25, 0.3) is 5.69 Å². The van der Waals surface area contributed by atoms with Crippen LogP contribution in [0, 0.1) is 6.92 Å². The molecule has 2 aromatic carbocycles. The Morgan fingerprint density at radius 3 is 2.41 bits per heavy atom. The third-order valence-corrected chi connectivity index (χ3v) is 3.45. The van der Waals surface area contributed by atoms with Gasteiger partial charge in [-0.1, -0.05) is 18.2 Å². The van der Waals surface area contributed by atoms with Crippen LogP contribution >= 0.6 is 0 Å². The average molecular weight is 294 g/mol. The number of aryl methyl sites for hydroxylation is 1. The quantitative estimate of drug-likeness (QED) is 0.785. The molecular formula is C17H18N4O. The van der Waals surface area contributed by atoms with Gasteiger partial charge in [-0.05, 0) is 43.3 Å². The van der Waals surface area contributed by atoms with Crippen LogP contribution in [0.2, 0.25) is 0 Å². The highest BCUT2D eigenvalue weighted by molar-refractivity contribution is 5.46. The molecule has 0 saturated heterocycles. The molecule has 0 aliphatic heterocycles. The molecule has 22 heavy (non-hydrogen) atoms. The molecule has 1 aromatic heterocycles. The molecule has 3 aromatic rings. The first-order valence-corrected chi connectivity index (χ1v) is 7.12. The van der Waals surface area contributed by atoms with Gasteiger partial charge in [0.25, 0.3) is 0 Å². The zero-order valence-electron chi connectivity index (χ0n) is 12.7. The number of hydrogen-bond acceptors (Lipinski definition) is 4. The summed E-state index contributed by atoms with van der Waals surface area (Å²) in [5.41, 5.74) is 2.08. The van der Waals surface area contributed by atoms with Crippen molar-refractivity contribution in [3.63, 3.8) is 0 Å². The van der Waals surface area contributed by atoms with E-state index in [-0.39, 0.29) is 0 Å². The fourth-order valence-electron chi connectivity index (χ4n) is 2.32. The lowest BCUT2D eigenvalue weighted by Crippen LogP contribution is -2.08. The van der Waals surface area contributed by atoms with Gasteiger partial charge in [-0.3, -0.25) is 4.57 Å². The Labute approximate surface area is 129 Å². The molecule has 0 fully saturated rings. The van der Waals surface area contributed by atoms with Crippen molar-refractivity contribution in [1.29, 1.82) is 0 Å². The number of benzene rings is 2. The Bertz CT molecular complexity index is 735. The topological polar surface area (TPSA) is 52.0 Å². The molecule has 0 bridgehead atoms. The minimum absolute atomic E-state index is 0.599. The van der Waals surface area contributed by atoms with Crippen LogP contribution in [0.3, 0.4) is 0 Å². The molecule has 0 amide bonds. The first kappa shape index (κ1) is 14.1. The molecule has 1 heterocycles. The highest BCUT2D eigenvalue weighted by atomic mass is 16.5. The predicted octanol–water partition coefficient (Wildman–Crippen LogP) is 3.20. The van der Waals surface area contributed by atoms with Crippen molar-refractivity contribution in [3.8, 4) is 11.4 Å². The Balaban J connectivity index is 1.78. The van der Waals surface area contributed by atoms with Crippen molar-refractivity contribution in [1.82, 2.24) is 14.8 Å². The number of methoxy groups -OCH3 is 1. The fraction of sp³-hybridized carbons (Fsp3) is 0.176. The van der Waals surface area contributed by atoms with E-state index in [0.717, 1.165) is 28.8 Å². The van der Waals surface area contributed by atoms with Gasteiger partial charge < -0.3 is 10.1 Å². The SMILES string of the molecule is COc1ccc(NCc2nnc(C)n2-c2ccccc2)cc1. The summed E-state index contributed by atoms with van der Waals surface area (Å²) < 4.78 is 7.21. The molecule has 1 N–H and O–H groups in total. The summed E-state index contributed by atoms with van der Waals surface area (Å²) >= 11 is 0. The molecule has 5 heteroatoms. The Kier molecular flexibility index (Phi) is 4.05. The monoisotopic (exact) mass is 294 g/mol. The zero-order valence-corrected chi connectivity index (χ0v) is 12.7. The van der Waals surface area contributed by atoms with Gasteiger partial charge in [0.15, 0.2) is 5.82 Å². The summed E-state index contributed by atoms with van der Waals surface area (Å²) in [5.74, 6) is 2.59. The maximum atomic E-state index is 5.16. The van der Waals surface area contributed by atoms with Crippen LogP contribution in [-0.4, -0.2) is 21.9 Å². The van der Waals surface area contributed by atoms with E-state index in [9.17, 15) is 0 Å². The van der Waals surface area contributed by atoms with Gasteiger partial charge >= 0.3 is 0 Å². The van der Waals surface area contributed by atoms with E-state index in [4.69, 9.17) is 4.74 Å². The zero-order chi connectivity index (χ0) is 15.4. The molecule has 3 rings (SSSR count). The number of para-hydroxylation sites is 1. The molecule has 0 radical (unpaired) electrons. The largest absolute Gasteiger partial charge is 0.497 e. The van der Waals surface area contributed by atoms with E-state index in [1.165, 1.54) is 0 Å². The molecule has 0 aliphatic rings. The number of aromatic nitrogens is 3. The normalized spacial score (nSPS) is 10.5. The first-order chi connectivity index (χ1) is 10.8. The van der Waals surface area contributed by atoms with Crippen molar-refractivity contribution in [2.75, 3.05) is 12.4 Å². The minimum Gasteiger partial charge on any atom is -0.497 e. The molecule has 0 unspecified atom stereocenters. The molecular weight excluding hydrogens is 276 g/mol. The molecule has 5 nitrogen and oxygen atoms in total. The van der Waals surface area contributed by atoms with Gasteiger partial charge in [-0.15, -0.1) is 10.2 Å². The third kappa shape index (κ3) is 2.93. The first-order valence-electron chi connectivity index (χ1n) is 7.12. The Hall–Kier alpha value is -2.82. The van der Waals surface area contributed by atoms with E-state index in [1.54, 1.807) is 7.11 Å². The van der Waals surface area contributed by atoms with Gasteiger partial charge in [0.05, 0.1) is 13.7 Å². The van der Waals surface area contributed by atoms with Crippen LogP contribution in [0.1, 0.15) is 11.6 Å². The van der Waals surface area contributed by atoms with Crippen LogP contribution < -0.4 is 10.1 Å². The Morgan fingerprint density at radius 1 is 1.00 bits per heavy atom. The van der Waals surface area contributed by atoms with E-state index in [2.05, 4.69) is 20.1 Å². The highest BCUT2D eigenvalue weighted by Crippen LogP contribution is 2.17. The van der Waals surface area contributed by atoms with Crippen molar-refractivity contribution in [2.24, 2.45) is 0 Å². The summed E-state index contributed by atoms with van der Waals surface area (Å²) in [4.78, 5) is 0. The van der Waals surface area contributed by atoms with Crippen LogP contribution in [0.4, 0.5) is 5.69 Å². The van der Waals surface area contributed by atoms with E-state index in [0.29, 0.717) is 6.54 Å². The summed E-state index contributed by atoms with van der Waals surface area (Å²) in [5, 5.41) is 11.8. The van der Waals surface area contributed by atoms with Crippen LogP contribution in [-0.2, 0) is 6.54 Å². The summed E-state index contributed by atoms with van der Waals surface area (Å²) in [7, 11) is 1.66. The number of hydrogen-bond donors (Lipinski definition) is 1. The number of rotatable bonds is 5. The molecule has 0 saturated carbocycles. The number of ether oxygens (including phenoxy) is 1. The lowest BCUT2D eigenvalue weighted by molar-refractivity contribution is 0.415. The van der Waals surface area contributed by atoms with E-state index >= 15 is 0 Å². The smallest absolute Gasteiger partial charge is 0.156 e. The summed E-state index contributed by atoms with van der Waals surface area (Å²) in [6.07, 6.45) is 0. The number of anilines is 1. The fourth-order valence-corrected chi connectivity index (χ4v) is 2.32. The lowest BCUT2D eigenvalue weighted by Gasteiger charge is -2.10. The van der Waals surface area contributed by atoms with Crippen molar-refractivity contribution >= 4 is 5.69 Å². The molecule has 112 valence electrons. The van der Waals surface area contributed by atoms with Crippen molar-refractivity contribution in [3.05, 3.63) is 66.2 Å².